The molecule has 0 heterocycles. The van der Waals surface area contributed by atoms with Gasteiger partial charge in [-0.25, -0.2) is 10.1 Å². The van der Waals surface area contributed by atoms with E-state index in [0.717, 1.165) is 5.56 Å². The normalized spacial score (nSPS) is 12.5. The number of carbonyl (C=O) groups is 2. The molecule has 1 aromatic rings. The van der Waals surface area contributed by atoms with Gasteiger partial charge in [-0.15, -0.1) is 5.43 Å². The quantitative estimate of drug-likeness (QED) is 0.0881. The highest BCUT2D eigenvalue weighted by Crippen LogP contribution is 2.03. The predicted octanol–water partition coefficient (Wildman–Crippen LogP) is -0.674. The third kappa shape index (κ3) is 8.30. The molecule has 10 heteroatoms. The van der Waals surface area contributed by atoms with Gasteiger partial charge in [0.05, 0.1) is 6.04 Å². The lowest BCUT2D eigenvalue weighted by molar-refractivity contribution is -0.548. The van der Waals surface area contributed by atoms with Crippen molar-refractivity contribution in [3.05, 3.63) is 46.0 Å². The molecule has 0 aromatic heterocycles. The molecule has 0 aliphatic rings. The number of hydrazine groups is 1. The third-order valence-corrected chi connectivity index (χ3v) is 3.35. The first-order valence-corrected chi connectivity index (χ1v) is 7.70. The zero-order valence-corrected chi connectivity index (χ0v) is 13.6. The summed E-state index contributed by atoms with van der Waals surface area (Å²) in [4.78, 5) is 34.1. The van der Waals surface area contributed by atoms with E-state index in [1.807, 2.05) is 35.8 Å². The number of amides is 1. The molecule has 1 aromatic carbocycles. The third-order valence-electron chi connectivity index (χ3n) is 3.35. The average molecular weight is 350 g/mol. The first kappa shape index (κ1) is 19.9. The molecule has 0 saturated carbocycles. The fourth-order valence-corrected chi connectivity index (χ4v) is 2.20. The van der Waals surface area contributed by atoms with Gasteiger partial charge in [0, 0.05) is 6.54 Å². The number of benzene rings is 1. The van der Waals surface area contributed by atoms with Crippen LogP contribution in [0.15, 0.2) is 30.3 Å². The Morgan fingerprint density at radius 2 is 2.04 bits per heavy atom. The highest BCUT2D eigenvalue weighted by molar-refractivity contribution is 5.84. The summed E-state index contributed by atoms with van der Waals surface area (Å²) in [6, 6.07) is 7.25. The van der Waals surface area contributed by atoms with E-state index in [0.29, 0.717) is 25.7 Å². The molecule has 0 unspecified atom stereocenters. The van der Waals surface area contributed by atoms with E-state index >= 15 is 0 Å². The number of carbonyl (C=O) groups excluding carboxylic acids is 2. The number of hydrogen-bond acceptors (Lipinski definition) is 5. The summed E-state index contributed by atoms with van der Waals surface area (Å²) in [5.41, 5.74) is 7.95. The molecule has 0 aliphatic heterocycles. The molecule has 25 heavy (non-hydrogen) atoms. The fraction of sp³-hybridized carbons (Fsp3) is 0.400. The highest BCUT2D eigenvalue weighted by atomic mass is 16.7. The van der Waals surface area contributed by atoms with Crippen LogP contribution in [0.5, 0.6) is 0 Å². The van der Waals surface area contributed by atoms with Gasteiger partial charge in [-0.3, -0.25) is 10.2 Å². The first-order chi connectivity index (χ1) is 11.9. The highest BCUT2D eigenvalue weighted by Gasteiger charge is 2.24. The van der Waals surface area contributed by atoms with Gasteiger partial charge < -0.3 is 21.2 Å². The summed E-state index contributed by atoms with van der Waals surface area (Å²) < 4.78 is 0. The van der Waals surface area contributed by atoms with E-state index in [9.17, 15) is 19.7 Å². The molecule has 0 fully saturated rings. The number of nitrogens with zero attached hydrogens (tertiary/aromatic N) is 1. The van der Waals surface area contributed by atoms with Crippen LogP contribution in [-0.4, -0.2) is 41.8 Å². The lowest BCUT2D eigenvalue weighted by atomic mass is 10.1. The number of guanidine groups is 1. The summed E-state index contributed by atoms with van der Waals surface area (Å²) in [7, 11) is 0. The maximum absolute atomic E-state index is 12.2. The van der Waals surface area contributed by atoms with Crippen molar-refractivity contribution in [2.75, 3.05) is 6.54 Å². The Labute approximate surface area is 144 Å². The summed E-state index contributed by atoms with van der Waals surface area (Å²) in [6.45, 7) is 0.305. The summed E-state index contributed by atoms with van der Waals surface area (Å²) in [5.74, 6) is -0.848. The smallest absolute Gasteiger partial charge is 0.248 e. The van der Waals surface area contributed by atoms with Crippen molar-refractivity contribution in [1.82, 2.24) is 16.1 Å². The second-order valence-corrected chi connectivity index (χ2v) is 5.36. The van der Waals surface area contributed by atoms with Crippen LogP contribution in [0, 0.1) is 15.5 Å². The van der Waals surface area contributed by atoms with Crippen molar-refractivity contribution in [2.45, 2.75) is 31.3 Å². The zero-order chi connectivity index (χ0) is 18.7. The minimum Gasteiger partial charge on any atom is -0.370 e. The summed E-state index contributed by atoms with van der Waals surface area (Å²) in [6.07, 6.45) is 1.42. The van der Waals surface area contributed by atoms with Crippen LogP contribution in [0.2, 0.25) is 0 Å². The predicted molar refractivity (Wildman–Crippen MR) is 91.2 cm³/mol. The fourth-order valence-electron chi connectivity index (χ4n) is 2.20. The number of nitro groups is 1. The Bertz CT molecular complexity index is 595. The molecule has 6 N–H and O–H groups in total. The SMILES string of the molecule is N=C(N)NCCC[C@H](N[N+](=O)[O-])C(=O)N[C@H](C=O)Cc1ccccc1. The molecule has 0 spiro atoms. The number of hydrogen-bond donors (Lipinski definition) is 5. The maximum atomic E-state index is 12.2. The van der Waals surface area contributed by atoms with Crippen molar-refractivity contribution >= 4 is 18.2 Å². The Kier molecular flexibility index (Phi) is 8.41. The van der Waals surface area contributed by atoms with E-state index in [4.69, 9.17) is 11.1 Å². The second-order valence-electron chi connectivity index (χ2n) is 5.36. The van der Waals surface area contributed by atoms with Crippen molar-refractivity contribution in [3.63, 3.8) is 0 Å². The van der Waals surface area contributed by atoms with Gasteiger partial charge in [-0.05, 0) is 24.8 Å². The standard InChI is InChI=1S/C15H22N6O4/c16-15(17)18-8-4-7-13(20-21(24)25)14(23)19-12(10-22)9-11-5-2-1-3-6-11/h1-3,5-6,10,12-13,20H,4,7-9H2,(H,19,23)(H4,16,17,18)/t12-,13-/m0/s1. The topological polar surface area (TPSA) is 163 Å². The van der Waals surface area contributed by atoms with E-state index < -0.39 is 23.0 Å². The molecule has 10 nitrogen and oxygen atoms in total. The number of aldehydes is 1. The van der Waals surface area contributed by atoms with Crippen LogP contribution < -0.4 is 21.8 Å². The lowest BCUT2D eigenvalue weighted by Crippen LogP contribution is -2.50. The van der Waals surface area contributed by atoms with Crippen LogP contribution in [-0.2, 0) is 16.0 Å². The Morgan fingerprint density at radius 3 is 2.60 bits per heavy atom. The number of rotatable bonds is 11. The maximum Gasteiger partial charge on any atom is 0.248 e. The van der Waals surface area contributed by atoms with Crippen molar-refractivity contribution in [3.8, 4) is 0 Å². The summed E-state index contributed by atoms with van der Waals surface area (Å²) in [5, 5.41) is 22.0. The Hall–Kier alpha value is -3.17. The van der Waals surface area contributed by atoms with Crippen molar-refractivity contribution in [2.24, 2.45) is 5.73 Å². The zero-order valence-electron chi connectivity index (χ0n) is 13.6. The number of nitrogens with two attached hydrogens (primary N) is 1. The van der Waals surface area contributed by atoms with Crippen LogP contribution in [0.1, 0.15) is 18.4 Å². The van der Waals surface area contributed by atoms with Crippen LogP contribution in [0.3, 0.4) is 0 Å². The van der Waals surface area contributed by atoms with E-state index in [-0.39, 0.29) is 12.4 Å². The Morgan fingerprint density at radius 1 is 1.36 bits per heavy atom. The van der Waals surface area contributed by atoms with Crippen LogP contribution >= 0.6 is 0 Å². The molecule has 1 amide bonds. The lowest BCUT2D eigenvalue weighted by Gasteiger charge is -2.18. The van der Waals surface area contributed by atoms with E-state index in [1.54, 1.807) is 0 Å². The van der Waals surface area contributed by atoms with Crippen LogP contribution in [0.4, 0.5) is 0 Å². The molecule has 0 bridgehead atoms. The van der Waals surface area contributed by atoms with Gasteiger partial charge in [0.1, 0.15) is 6.29 Å². The molecular formula is C15H22N6O4. The first-order valence-electron chi connectivity index (χ1n) is 7.70. The van der Waals surface area contributed by atoms with Gasteiger partial charge in [0.2, 0.25) is 5.91 Å². The van der Waals surface area contributed by atoms with Crippen molar-refractivity contribution in [1.29, 1.82) is 5.41 Å². The van der Waals surface area contributed by atoms with Gasteiger partial charge in [0.15, 0.2) is 17.0 Å². The molecule has 0 radical (unpaired) electrons. The molecule has 1 rings (SSSR count). The van der Waals surface area contributed by atoms with Gasteiger partial charge >= 0.3 is 0 Å². The van der Waals surface area contributed by atoms with Crippen molar-refractivity contribution < 1.29 is 14.6 Å². The molecular weight excluding hydrogens is 328 g/mol. The Balaban J connectivity index is 2.60. The van der Waals surface area contributed by atoms with Crippen LogP contribution in [0.25, 0.3) is 0 Å². The van der Waals surface area contributed by atoms with E-state index in [2.05, 4.69) is 10.6 Å². The average Bonchev–Trinajstić information content (AvgIpc) is 2.57. The monoisotopic (exact) mass is 350 g/mol. The van der Waals surface area contributed by atoms with Gasteiger partial charge in [-0.1, -0.05) is 30.3 Å². The largest absolute Gasteiger partial charge is 0.370 e. The summed E-state index contributed by atoms with van der Waals surface area (Å²) >= 11 is 0. The molecule has 0 saturated heterocycles. The molecule has 136 valence electrons. The second kappa shape index (κ2) is 10.6. The van der Waals surface area contributed by atoms with Gasteiger partial charge in [0.25, 0.3) is 0 Å². The van der Waals surface area contributed by atoms with Gasteiger partial charge in [-0.2, -0.15) is 0 Å². The molecule has 2 atom stereocenters. The minimum absolute atomic E-state index is 0.143. The van der Waals surface area contributed by atoms with E-state index in [1.165, 1.54) is 0 Å². The minimum atomic E-state index is -1.10. The number of nitrogens with one attached hydrogen (secondary N) is 4. The molecule has 0 aliphatic carbocycles.